The van der Waals surface area contributed by atoms with Gasteiger partial charge in [-0.1, -0.05) is 6.07 Å². The lowest BCUT2D eigenvalue weighted by Crippen LogP contribution is -2.12. The van der Waals surface area contributed by atoms with Gasteiger partial charge in [-0.15, -0.1) is 0 Å². The third-order valence-corrected chi connectivity index (χ3v) is 2.77. The molecule has 7 nitrogen and oxygen atoms in total. The van der Waals surface area contributed by atoms with Crippen LogP contribution in [0, 0.1) is 0 Å². The van der Waals surface area contributed by atoms with Crippen molar-refractivity contribution >= 4 is 11.8 Å². The Morgan fingerprint density at radius 2 is 2.09 bits per heavy atom. The predicted molar refractivity (Wildman–Crippen MR) is 79.7 cm³/mol. The van der Waals surface area contributed by atoms with Crippen LogP contribution in [0.1, 0.15) is 23.1 Å². The van der Waals surface area contributed by atoms with Crippen molar-refractivity contribution in [2.75, 3.05) is 19.5 Å². The van der Waals surface area contributed by atoms with Crippen LogP contribution in [0.3, 0.4) is 0 Å². The van der Waals surface area contributed by atoms with Crippen molar-refractivity contribution in [1.29, 1.82) is 0 Å². The molecule has 2 aromatic rings. The van der Waals surface area contributed by atoms with E-state index >= 15 is 0 Å². The zero-order valence-electron chi connectivity index (χ0n) is 12.4. The normalized spacial score (nSPS) is 10.1. The molecule has 1 heterocycles. The van der Waals surface area contributed by atoms with Gasteiger partial charge in [-0.2, -0.15) is 0 Å². The average Bonchev–Trinajstić information content (AvgIpc) is 2.53. The van der Waals surface area contributed by atoms with Gasteiger partial charge in [-0.3, -0.25) is 0 Å². The molecule has 116 valence electrons. The number of hydrogen-bond acceptors (Lipinski definition) is 7. The summed E-state index contributed by atoms with van der Waals surface area (Å²) in [6.07, 6.45) is 1.34. The van der Waals surface area contributed by atoms with Gasteiger partial charge in [0, 0.05) is 12.3 Å². The summed E-state index contributed by atoms with van der Waals surface area (Å²) in [5.74, 6) is 1.21. The number of carbonyl (C=O) groups excluding carboxylic acids is 1. The molecule has 2 rings (SSSR count). The Kier molecular flexibility index (Phi) is 5.13. The first-order chi connectivity index (χ1) is 10.6. The lowest BCUT2D eigenvalue weighted by atomic mass is 10.3. The van der Waals surface area contributed by atoms with Gasteiger partial charge in [0.1, 0.15) is 29.5 Å². The minimum absolute atomic E-state index is 0.0673. The fourth-order valence-corrected chi connectivity index (χ4v) is 1.71. The number of nitrogens with two attached hydrogens (primary N) is 1. The molecule has 0 atom stereocenters. The summed E-state index contributed by atoms with van der Waals surface area (Å²) in [5, 5.41) is 0. The highest BCUT2D eigenvalue weighted by atomic mass is 16.5. The maximum atomic E-state index is 11.6. The number of esters is 1. The molecule has 0 spiro atoms. The second-order valence-corrected chi connectivity index (χ2v) is 4.27. The first kappa shape index (κ1) is 15.6. The van der Waals surface area contributed by atoms with E-state index in [0.717, 1.165) is 0 Å². The van der Waals surface area contributed by atoms with Crippen LogP contribution in [0.5, 0.6) is 11.5 Å². The van der Waals surface area contributed by atoms with Crippen molar-refractivity contribution in [3.8, 4) is 11.5 Å². The maximum Gasteiger partial charge on any atom is 0.343 e. The Morgan fingerprint density at radius 3 is 2.77 bits per heavy atom. The molecule has 0 aliphatic heterocycles. The summed E-state index contributed by atoms with van der Waals surface area (Å²) in [7, 11) is 1.58. The van der Waals surface area contributed by atoms with Gasteiger partial charge in [-0.25, -0.2) is 14.8 Å². The monoisotopic (exact) mass is 303 g/mol. The van der Waals surface area contributed by atoms with Crippen LogP contribution in [-0.2, 0) is 11.3 Å². The SMILES string of the molecule is CCOC(=O)c1cnc(COc2cccc(OC)c2)nc1N. The number of carbonyl (C=O) groups is 1. The molecule has 0 unspecified atom stereocenters. The first-order valence-corrected chi connectivity index (χ1v) is 6.69. The Hall–Kier alpha value is -2.83. The Bertz CT molecular complexity index is 661. The quantitative estimate of drug-likeness (QED) is 0.813. The van der Waals surface area contributed by atoms with Crippen molar-refractivity contribution < 1.29 is 19.0 Å². The minimum Gasteiger partial charge on any atom is -0.497 e. The van der Waals surface area contributed by atoms with Crippen molar-refractivity contribution in [3.63, 3.8) is 0 Å². The van der Waals surface area contributed by atoms with Crippen LogP contribution in [0.2, 0.25) is 0 Å². The molecular weight excluding hydrogens is 286 g/mol. The summed E-state index contributed by atoms with van der Waals surface area (Å²) in [4.78, 5) is 19.7. The summed E-state index contributed by atoms with van der Waals surface area (Å²) in [6, 6.07) is 7.16. The summed E-state index contributed by atoms with van der Waals surface area (Å²) < 4.78 is 15.5. The van der Waals surface area contributed by atoms with Crippen LogP contribution < -0.4 is 15.2 Å². The van der Waals surface area contributed by atoms with E-state index in [1.165, 1.54) is 6.20 Å². The average molecular weight is 303 g/mol. The van der Waals surface area contributed by atoms with Gasteiger partial charge in [0.05, 0.1) is 13.7 Å². The molecular formula is C15H17N3O4. The van der Waals surface area contributed by atoms with Gasteiger partial charge in [-0.05, 0) is 19.1 Å². The highest BCUT2D eigenvalue weighted by Gasteiger charge is 2.13. The van der Waals surface area contributed by atoms with Crippen molar-refractivity contribution in [2.24, 2.45) is 0 Å². The lowest BCUT2D eigenvalue weighted by molar-refractivity contribution is 0.0526. The molecule has 0 amide bonds. The molecule has 0 bridgehead atoms. The smallest absolute Gasteiger partial charge is 0.343 e. The van der Waals surface area contributed by atoms with Gasteiger partial charge < -0.3 is 19.9 Å². The molecule has 0 fully saturated rings. The first-order valence-electron chi connectivity index (χ1n) is 6.69. The number of methoxy groups -OCH3 is 1. The summed E-state index contributed by atoms with van der Waals surface area (Å²) in [5.41, 5.74) is 5.89. The fourth-order valence-electron chi connectivity index (χ4n) is 1.71. The number of hydrogen-bond donors (Lipinski definition) is 1. The van der Waals surface area contributed by atoms with E-state index < -0.39 is 5.97 Å². The topological polar surface area (TPSA) is 96.6 Å². The standard InChI is InChI=1S/C15H17N3O4/c1-3-21-15(19)12-8-17-13(18-14(12)16)9-22-11-6-4-5-10(7-11)20-2/h4-8H,3,9H2,1-2H3,(H2,16,17,18). The Labute approximate surface area is 128 Å². The molecule has 0 saturated heterocycles. The molecule has 7 heteroatoms. The molecule has 0 aliphatic rings. The van der Waals surface area contributed by atoms with Gasteiger partial charge >= 0.3 is 5.97 Å². The lowest BCUT2D eigenvalue weighted by Gasteiger charge is -2.08. The van der Waals surface area contributed by atoms with E-state index in [0.29, 0.717) is 17.3 Å². The molecule has 0 radical (unpaired) electrons. The van der Waals surface area contributed by atoms with Gasteiger partial charge in [0.2, 0.25) is 0 Å². The van der Waals surface area contributed by atoms with Gasteiger partial charge in [0.25, 0.3) is 0 Å². The van der Waals surface area contributed by atoms with E-state index in [9.17, 15) is 4.79 Å². The second-order valence-electron chi connectivity index (χ2n) is 4.27. The molecule has 0 saturated carbocycles. The second kappa shape index (κ2) is 7.26. The highest BCUT2D eigenvalue weighted by molar-refractivity contribution is 5.93. The summed E-state index contributed by atoms with van der Waals surface area (Å²) in [6.45, 7) is 2.10. The number of benzene rings is 1. The molecule has 1 aromatic heterocycles. The fraction of sp³-hybridized carbons (Fsp3) is 0.267. The van der Waals surface area contributed by atoms with Crippen LogP contribution in [0.15, 0.2) is 30.5 Å². The van der Waals surface area contributed by atoms with Crippen LogP contribution in [0.4, 0.5) is 5.82 Å². The number of ether oxygens (including phenoxy) is 3. The number of nitrogens with zero attached hydrogens (tertiary/aromatic N) is 2. The van der Waals surface area contributed by atoms with Gasteiger partial charge in [0.15, 0.2) is 5.82 Å². The van der Waals surface area contributed by atoms with Crippen molar-refractivity contribution in [2.45, 2.75) is 13.5 Å². The van der Waals surface area contributed by atoms with E-state index in [1.807, 2.05) is 12.1 Å². The van der Waals surface area contributed by atoms with E-state index in [2.05, 4.69) is 9.97 Å². The summed E-state index contributed by atoms with van der Waals surface area (Å²) >= 11 is 0. The molecule has 2 N–H and O–H groups in total. The minimum atomic E-state index is -0.541. The number of aromatic nitrogens is 2. The number of nitrogen functional groups attached to an aromatic ring is 1. The number of rotatable bonds is 6. The van der Waals surface area contributed by atoms with Crippen molar-refractivity contribution in [3.05, 3.63) is 41.9 Å². The van der Waals surface area contributed by atoms with Crippen LogP contribution >= 0.6 is 0 Å². The third kappa shape index (κ3) is 3.85. The molecule has 1 aromatic carbocycles. The van der Waals surface area contributed by atoms with E-state index in [4.69, 9.17) is 19.9 Å². The highest BCUT2D eigenvalue weighted by Crippen LogP contribution is 2.19. The van der Waals surface area contributed by atoms with E-state index in [1.54, 1.807) is 26.2 Å². The largest absolute Gasteiger partial charge is 0.497 e. The maximum absolute atomic E-state index is 11.6. The Balaban J connectivity index is 2.04. The molecule has 22 heavy (non-hydrogen) atoms. The van der Waals surface area contributed by atoms with E-state index in [-0.39, 0.29) is 24.6 Å². The zero-order chi connectivity index (χ0) is 15.9. The zero-order valence-corrected chi connectivity index (χ0v) is 12.4. The van der Waals surface area contributed by atoms with Crippen LogP contribution in [-0.4, -0.2) is 29.7 Å². The Morgan fingerprint density at radius 1 is 1.32 bits per heavy atom. The predicted octanol–water partition coefficient (Wildman–Crippen LogP) is 1.82. The number of anilines is 1. The third-order valence-electron chi connectivity index (χ3n) is 2.77. The molecule has 0 aliphatic carbocycles. The van der Waals surface area contributed by atoms with Crippen molar-refractivity contribution in [1.82, 2.24) is 9.97 Å². The van der Waals surface area contributed by atoms with Crippen LogP contribution in [0.25, 0.3) is 0 Å².